The summed E-state index contributed by atoms with van der Waals surface area (Å²) in [6.45, 7) is 0. The van der Waals surface area contributed by atoms with E-state index >= 15 is 0 Å². The first-order valence-corrected chi connectivity index (χ1v) is 3.54. The van der Waals surface area contributed by atoms with Gasteiger partial charge in [-0.05, 0) is 0 Å². The molecule has 0 atom stereocenters. The Labute approximate surface area is 66.0 Å². The normalized spacial score (nSPS) is 56.8. The Kier molecular flexibility index (Phi) is 0.558. The largest absolute Gasteiger partial charge is 0.481 e. The van der Waals surface area contributed by atoms with Crippen molar-refractivity contribution in [3.05, 3.63) is 0 Å². The molecule has 4 fully saturated rings. The van der Waals surface area contributed by atoms with Gasteiger partial charge in [-0.15, -0.1) is 0 Å². The second kappa shape index (κ2) is 1.09. The Hall–Kier alpha value is -1.39. The van der Waals surface area contributed by atoms with Crippen molar-refractivity contribution in [2.24, 2.45) is 22.7 Å². The lowest BCUT2D eigenvalue weighted by atomic mass is 9.70. The molecule has 4 aliphatic rings. The highest BCUT2D eigenvalue weighted by Crippen LogP contribution is 3.03. The number of aliphatic carboxylic acids is 2. The maximum absolute atomic E-state index is 10.8. The van der Waals surface area contributed by atoms with Crippen molar-refractivity contribution < 1.29 is 24.6 Å². The highest BCUT2D eigenvalue weighted by Gasteiger charge is 3.17. The van der Waals surface area contributed by atoms with E-state index in [1.807, 2.05) is 0 Å². The van der Waals surface area contributed by atoms with Crippen LogP contribution in [0.5, 0.6) is 0 Å². The number of hydrogen-bond donors (Lipinski definition) is 2. The van der Waals surface area contributed by atoms with Gasteiger partial charge in [0.1, 0.15) is 16.6 Å². The molecular formula is C7H4O5. The summed E-state index contributed by atoms with van der Waals surface area (Å²) in [6.07, 6.45) is 0. The Morgan fingerprint density at radius 1 is 1.08 bits per heavy atom. The van der Waals surface area contributed by atoms with Crippen LogP contribution in [0.25, 0.3) is 0 Å². The fraction of sp³-hybridized carbons (Fsp3) is 0.571. The summed E-state index contributed by atoms with van der Waals surface area (Å²) in [4.78, 5) is 32.0. The number of carboxylic acids is 2. The van der Waals surface area contributed by atoms with E-state index in [9.17, 15) is 14.4 Å². The maximum Gasteiger partial charge on any atom is 0.312 e. The van der Waals surface area contributed by atoms with Gasteiger partial charge in [-0.2, -0.15) is 0 Å². The molecule has 2 N–H and O–H groups in total. The molecule has 4 saturated carbocycles. The molecule has 0 amide bonds. The zero-order valence-corrected chi connectivity index (χ0v) is 5.77. The molecule has 2 bridgehead atoms. The van der Waals surface area contributed by atoms with Crippen molar-refractivity contribution in [2.75, 3.05) is 0 Å². The molecule has 0 spiro atoms. The first-order valence-electron chi connectivity index (χ1n) is 3.54. The number of hydrogen-bond acceptors (Lipinski definition) is 3. The van der Waals surface area contributed by atoms with Crippen LogP contribution in [0.4, 0.5) is 0 Å². The standard InChI is InChI=1S/C7H4O5/c8-1-2-6(4(9)10)3(1)7(2,6)5(11)12/h2-3H,(H,9,10)(H,11,12). The molecule has 0 aromatic rings. The van der Waals surface area contributed by atoms with Crippen LogP contribution in [0.15, 0.2) is 0 Å². The third-order valence-electron chi connectivity index (χ3n) is 3.62. The number of Topliss-reactive ketones (excluding diaryl/α,β-unsaturated/α-hetero) is 1. The molecule has 5 heteroatoms. The maximum atomic E-state index is 10.8. The predicted molar refractivity (Wildman–Crippen MR) is 32.1 cm³/mol. The van der Waals surface area contributed by atoms with Crippen molar-refractivity contribution in [1.29, 1.82) is 0 Å². The number of rotatable bonds is 2. The van der Waals surface area contributed by atoms with Crippen LogP contribution < -0.4 is 0 Å². The lowest BCUT2D eigenvalue weighted by molar-refractivity contribution is -0.157. The molecule has 0 radical (unpaired) electrons. The van der Waals surface area contributed by atoms with E-state index in [0.29, 0.717) is 0 Å². The topological polar surface area (TPSA) is 91.7 Å². The van der Waals surface area contributed by atoms with E-state index in [0.717, 1.165) is 0 Å². The summed E-state index contributed by atoms with van der Waals surface area (Å²) in [5, 5.41) is 17.3. The molecule has 4 aliphatic carbocycles. The van der Waals surface area contributed by atoms with Gasteiger partial charge < -0.3 is 10.2 Å². The van der Waals surface area contributed by atoms with Gasteiger partial charge in [0.05, 0.1) is 11.8 Å². The molecule has 4 rings (SSSR count). The first kappa shape index (κ1) is 6.16. The second-order valence-electron chi connectivity index (χ2n) is 3.62. The van der Waals surface area contributed by atoms with Gasteiger partial charge in [0.15, 0.2) is 0 Å². The molecule has 5 nitrogen and oxygen atoms in total. The molecular weight excluding hydrogens is 164 g/mol. The minimum Gasteiger partial charge on any atom is -0.481 e. The summed E-state index contributed by atoms with van der Waals surface area (Å²) in [5.41, 5.74) is -2.34. The molecule has 62 valence electrons. The Morgan fingerprint density at radius 3 is 1.50 bits per heavy atom. The van der Waals surface area contributed by atoms with E-state index in [1.165, 1.54) is 0 Å². The zero-order chi connectivity index (χ0) is 8.89. The van der Waals surface area contributed by atoms with Crippen LogP contribution in [0.1, 0.15) is 0 Å². The summed E-state index contributed by atoms with van der Waals surface area (Å²) in [6, 6.07) is 0. The van der Waals surface area contributed by atoms with Gasteiger partial charge in [0.25, 0.3) is 0 Å². The first-order chi connectivity index (χ1) is 5.54. The number of carbonyl (C=O) groups excluding carboxylic acids is 1. The second-order valence-corrected chi connectivity index (χ2v) is 3.62. The third kappa shape index (κ3) is 0.220. The summed E-state index contributed by atoms with van der Waals surface area (Å²) >= 11 is 0. The van der Waals surface area contributed by atoms with E-state index in [2.05, 4.69) is 0 Å². The van der Waals surface area contributed by atoms with Crippen LogP contribution in [-0.4, -0.2) is 27.9 Å². The van der Waals surface area contributed by atoms with Crippen LogP contribution >= 0.6 is 0 Å². The van der Waals surface area contributed by atoms with Gasteiger partial charge in [-0.25, -0.2) is 0 Å². The molecule has 0 aliphatic heterocycles. The number of carboxylic acid groups (broad SMARTS) is 2. The van der Waals surface area contributed by atoms with Gasteiger partial charge in [-0.3, -0.25) is 14.4 Å². The molecule has 0 aromatic heterocycles. The van der Waals surface area contributed by atoms with Crippen molar-refractivity contribution in [3.8, 4) is 0 Å². The van der Waals surface area contributed by atoms with E-state index in [-0.39, 0.29) is 5.78 Å². The molecule has 0 saturated heterocycles. The SMILES string of the molecule is O=C1C2C3(C(=O)O)C1C23C(=O)O. The zero-order valence-electron chi connectivity index (χ0n) is 5.77. The molecule has 12 heavy (non-hydrogen) atoms. The third-order valence-corrected chi connectivity index (χ3v) is 3.62. The van der Waals surface area contributed by atoms with Crippen molar-refractivity contribution in [1.82, 2.24) is 0 Å². The number of carbonyl (C=O) groups is 3. The molecule has 0 unspecified atom stereocenters. The van der Waals surface area contributed by atoms with Crippen molar-refractivity contribution in [3.63, 3.8) is 0 Å². The van der Waals surface area contributed by atoms with Gasteiger partial charge >= 0.3 is 11.9 Å². The average molecular weight is 168 g/mol. The van der Waals surface area contributed by atoms with Crippen molar-refractivity contribution >= 4 is 17.7 Å². The van der Waals surface area contributed by atoms with Crippen LogP contribution in [0.3, 0.4) is 0 Å². The smallest absolute Gasteiger partial charge is 0.312 e. The lowest BCUT2D eigenvalue weighted by Gasteiger charge is -2.28. The highest BCUT2D eigenvalue weighted by atomic mass is 16.4. The summed E-state index contributed by atoms with van der Waals surface area (Å²) in [5.74, 6) is -3.84. The number of ketones is 1. The monoisotopic (exact) mass is 168 g/mol. The van der Waals surface area contributed by atoms with Gasteiger partial charge in [0.2, 0.25) is 0 Å². The van der Waals surface area contributed by atoms with E-state index < -0.39 is 34.6 Å². The Morgan fingerprint density at radius 2 is 1.42 bits per heavy atom. The lowest BCUT2D eigenvalue weighted by Crippen LogP contribution is -2.45. The minimum atomic E-state index is -1.17. The fourth-order valence-electron chi connectivity index (χ4n) is 3.00. The van der Waals surface area contributed by atoms with Crippen LogP contribution in [0, 0.1) is 22.7 Å². The minimum absolute atomic E-state index is 0.181. The van der Waals surface area contributed by atoms with Crippen LogP contribution in [0.2, 0.25) is 0 Å². The van der Waals surface area contributed by atoms with Crippen molar-refractivity contribution in [2.45, 2.75) is 0 Å². The highest BCUT2D eigenvalue weighted by molar-refractivity contribution is 6.28. The summed E-state index contributed by atoms with van der Waals surface area (Å²) in [7, 11) is 0. The Balaban J connectivity index is 2.07. The predicted octanol–water partition coefficient (Wildman–Crippen LogP) is -1.03. The molecule has 0 heterocycles. The van der Waals surface area contributed by atoms with Gasteiger partial charge in [0, 0.05) is 0 Å². The van der Waals surface area contributed by atoms with Crippen LogP contribution in [-0.2, 0) is 14.4 Å². The summed E-state index contributed by atoms with van der Waals surface area (Å²) < 4.78 is 0. The quantitative estimate of drug-likeness (QED) is 0.550. The average Bonchev–Trinajstić information content (AvgIpc) is 2.63. The molecule has 0 aromatic carbocycles. The van der Waals surface area contributed by atoms with E-state index in [1.54, 1.807) is 0 Å². The van der Waals surface area contributed by atoms with E-state index in [4.69, 9.17) is 10.2 Å². The fourth-order valence-corrected chi connectivity index (χ4v) is 3.00. The van der Waals surface area contributed by atoms with Gasteiger partial charge in [-0.1, -0.05) is 0 Å². The Bertz CT molecular complexity index is 326.